The van der Waals surface area contributed by atoms with Gasteiger partial charge in [0.15, 0.2) is 0 Å². The largest absolute Gasteiger partial charge is 0.465 e. The molecule has 0 radical (unpaired) electrons. The molecule has 0 atom stereocenters. The molecule has 0 saturated heterocycles. The third-order valence-corrected chi connectivity index (χ3v) is 7.11. The molecule has 10 heteroatoms. The Bertz CT molecular complexity index is 1170. The van der Waals surface area contributed by atoms with E-state index in [0.717, 1.165) is 32.1 Å². The lowest BCUT2D eigenvalue weighted by molar-refractivity contribution is 0.0599. The number of hydrogen-bond acceptors (Lipinski definition) is 7. The predicted octanol–water partition coefficient (Wildman–Crippen LogP) is 3.43. The number of carbonyl (C=O) groups excluding carboxylic acids is 3. The van der Waals surface area contributed by atoms with Crippen molar-refractivity contribution in [2.75, 3.05) is 18.9 Å². The molecular formula is C24H28N2O7S. The number of amides is 1. The van der Waals surface area contributed by atoms with Gasteiger partial charge in [-0.15, -0.1) is 0 Å². The van der Waals surface area contributed by atoms with E-state index in [9.17, 15) is 22.8 Å². The fourth-order valence-electron chi connectivity index (χ4n) is 3.89. The number of hydrogen-bond donors (Lipinski definition) is 2. The number of benzene rings is 2. The highest BCUT2D eigenvalue weighted by atomic mass is 32.2. The van der Waals surface area contributed by atoms with E-state index in [1.165, 1.54) is 44.6 Å². The van der Waals surface area contributed by atoms with E-state index in [-0.39, 0.29) is 39.2 Å². The second-order valence-electron chi connectivity index (χ2n) is 8.17. The Morgan fingerprint density at radius 1 is 0.882 bits per heavy atom. The summed E-state index contributed by atoms with van der Waals surface area (Å²) in [6.45, 7) is 1.74. The molecule has 0 unspecified atom stereocenters. The van der Waals surface area contributed by atoms with Crippen LogP contribution in [0.2, 0.25) is 0 Å². The first kappa shape index (κ1) is 25.2. The number of methoxy groups -OCH3 is 2. The van der Waals surface area contributed by atoms with Gasteiger partial charge in [0.2, 0.25) is 0 Å². The quantitative estimate of drug-likeness (QED) is 0.572. The van der Waals surface area contributed by atoms with Crippen LogP contribution < -0.4 is 10.0 Å². The molecule has 2 N–H and O–H groups in total. The highest BCUT2D eigenvalue weighted by molar-refractivity contribution is 7.92. The van der Waals surface area contributed by atoms with Gasteiger partial charge in [0.05, 0.1) is 35.9 Å². The number of anilines is 1. The minimum Gasteiger partial charge on any atom is -0.465 e. The third kappa shape index (κ3) is 5.93. The summed E-state index contributed by atoms with van der Waals surface area (Å²) in [5.41, 5.74) is 0.830. The number of rotatable bonds is 7. The third-order valence-electron chi connectivity index (χ3n) is 5.73. The van der Waals surface area contributed by atoms with Gasteiger partial charge in [0, 0.05) is 11.6 Å². The molecule has 9 nitrogen and oxygen atoms in total. The monoisotopic (exact) mass is 488 g/mol. The van der Waals surface area contributed by atoms with Gasteiger partial charge in [-0.25, -0.2) is 18.0 Å². The fraction of sp³-hybridized carbons (Fsp3) is 0.375. The van der Waals surface area contributed by atoms with Crippen LogP contribution in [0.3, 0.4) is 0 Å². The number of ether oxygens (including phenoxy) is 2. The van der Waals surface area contributed by atoms with Crippen molar-refractivity contribution in [3.63, 3.8) is 0 Å². The Morgan fingerprint density at radius 3 is 2.03 bits per heavy atom. The molecule has 1 fully saturated rings. The average Bonchev–Trinajstić information content (AvgIpc) is 2.83. The van der Waals surface area contributed by atoms with Crippen molar-refractivity contribution in [1.82, 2.24) is 5.32 Å². The summed E-state index contributed by atoms with van der Waals surface area (Å²) in [5, 5.41) is 3.00. The van der Waals surface area contributed by atoms with Gasteiger partial charge in [-0.2, -0.15) is 0 Å². The summed E-state index contributed by atoms with van der Waals surface area (Å²) < 4.78 is 37.9. The van der Waals surface area contributed by atoms with Gasteiger partial charge in [0.1, 0.15) is 0 Å². The van der Waals surface area contributed by atoms with E-state index in [2.05, 4.69) is 19.5 Å². The maximum Gasteiger partial charge on any atom is 0.337 e. The van der Waals surface area contributed by atoms with Crippen LogP contribution in [0, 0.1) is 6.92 Å². The van der Waals surface area contributed by atoms with Crippen LogP contribution in [-0.2, 0) is 19.5 Å². The minimum atomic E-state index is -4.15. The van der Waals surface area contributed by atoms with Gasteiger partial charge in [0.25, 0.3) is 15.9 Å². The van der Waals surface area contributed by atoms with Crippen molar-refractivity contribution in [2.24, 2.45) is 0 Å². The normalized spacial score (nSPS) is 14.2. The highest BCUT2D eigenvalue weighted by Gasteiger charge is 2.22. The molecule has 0 aliphatic heterocycles. The summed E-state index contributed by atoms with van der Waals surface area (Å²) in [6.07, 6.45) is 5.08. The Balaban J connectivity index is 1.90. The first-order valence-electron chi connectivity index (χ1n) is 10.9. The topological polar surface area (TPSA) is 128 Å². The van der Waals surface area contributed by atoms with Crippen molar-refractivity contribution in [3.05, 3.63) is 58.7 Å². The molecule has 182 valence electrons. The summed E-state index contributed by atoms with van der Waals surface area (Å²) in [6, 6.07) is 8.10. The predicted molar refractivity (Wildman–Crippen MR) is 125 cm³/mol. The summed E-state index contributed by atoms with van der Waals surface area (Å²) in [7, 11) is -1.81. The molecule has 1 aliphatic rings. The summed E-state index contributed by atoms with van der Waals surface area (Å²) in [5.74, 6) is -1.81. The van der Waals surface area contributed by atoms with Gasteiger partial charge < -0.3 is 14.8 Å². The van der Waals surface area contributed by atoms with Crippen LogP contribution in [0.5, 0.6) is 0 Å². The standard InChI is InChI=1S/C24H28N2O7S/c1-15-9-10-20(14-21(15)22(27)25-18-7-5-4-6-8-18)34(30,31)26-19-12-16(23(28)32-2)11-17(13-19)24(29)33-3/h9-14,18,26H,4-8H2,1-3H3,(H,25,27). The van der Waals surface area contributed by atoms with Crippen molar-refractivity contribution in [1.29, 1.82) is 0 Å². The van der Waals surface area contributed by atoms with Crippen LogP contribution >= 0.6 is 0 Å². The fourth-order valence-corrected chi connectivity index (χ4v) is 4.96. The van der Waals surface area contributed by atoms with Crippen LogP contribution in [0.15, 0.2) is 41.3 Å². The molecule has 0 bridgehead atoms. The Morgan fingerprint density at radius 2 is 1.47 bits per heavy atom. The van der Waals surface area contributed by atoms with E-state index in [4.69, 9.17) is 0 Å². The Hall–Kier alpha value is -3.40. The summed E-state index contributed by atoms with van der Waals surface area (Å²) in [4.78, 5) is 36.7. The first-order valence-corrected chi connectivity index (χ1v) is 12.4. The maximum absolute atomic E-state index is 13.1. The molecule has 2 aromatic carbocycles. The number of aryl methyl sites for hydroxylation is 1. The van der Waals surface area contributed by atoms with Gasteiger partial charge in [-0.1, -0.05) is 25.3 Å². The van der Waals surface area contributed by atoms with E-state index < -0.39 is 22.0 Å². The lowest BCUT2D eigenvalue weighted by Gasteiger charge is -2.23. The van der Waals surface area contributed by atoms with Crippen molar-refractivity contribution < 1.29 is 32.3 Å². The van der Waals surface area contributed by atoms with E-state index >= 15 is 0 Å². The van der Waals surface area contributed by atoms with Crippen LogP contribution in [0.25, 0.3) is 0 Å². The molecule has 1 aliphatic carbocycles. The van der Waals surface area contributed by atoms with Crippen LogP contribution in [0.1, 0.15) is 68.7 Å². The number of esters is 2. The van der Waals surface area contributed by atoms with E-state index in [0.29, 0.717) is 5.56 Å². The molecule has 0 heterocycles. The molecule has 2 aromatic rings. The number of sulfonamides is 1. The SMILES string of the molecule is COC(=O)c1cc(NS(=O)(=O)c2ccc(C)c(C(=O)NC3CCCCC3)c2)cc(C(=O)OC)c1. The second-order valence-corrected chi connectivity index (χ2v) is 9.86. The maximum atomic E-state index is 13.1. The smallest absolute Gasteiger partial charge is 0.337 e. The molecule has 34 heavy (non-hydrogen) atoms. The van der Waals surface area contributed by atoms with E-state index in [1.54, 1.807) is 13.0 Å². The molecule has 0 aromatic heterocycles. The lowest BCUT2D eigenvalue weighted by atomic mass is 9.95. The zero-order chi connectivity index (χ0) is 24.9. The highest BCUT2D eigenvalue weighted by Crippen LogP contribution is 2.23. The van der Waals surface area contributed by atoms with E-state index in [1.807, 2.05) is 0 Å². The first-order chi connectivity index (χ1) is 16.1. The molecule has 3 rings (SSSR count). The van der Waals surface area contributed by atoms with Crippen molar-refractivity contribution in [2.45, 2.75) is 50.0 Å². The summed E-state index contributed by atoms with van der Waals surface area (Å²) >= 11 is 0. The number of carbonyl (C=O) groups is 3. The number of nitrogens with one attached hydrogen (secondary N) is 2. The Labute approximate surface area is 198 Å². The van der Waals surface area contributed by atoms with Crippen molar-refractivity contribution >= 4 is 33.6 Å². The lowest BCUT2D eigenvalue weighted by Crippen LogP contribution is -2.36. The molecule has 1 amide bonds. The van der Waals surface area contributed by atoms with Crippen LogP contribution in [0.4, 0.5) is 5.69 Å². The van der Waals surface area contributed by atoms with Crippen LogP contribution in [-0.4, -0.2) is 46.5 Å². The van der Waals surface area contributed by atoms with Gasteiger partial charge in [-0.05, 0) is 55.7 Å². The average molecular weight is 489 g/mol. The minimum absolute atomic E-state index is 0.0282. The zero-order valence-corrected chi connectivity index (χ0v) is 20.2. The molecule has 0 spiro atoms. The zero-order valence-electron chi connectivity index (χ0n) is 19.3. The van der Waals surface area contributed by atoms with Crippen molar-refractivity contribution in [3.8, 4) is 0 Å². The molecule has 1 saturated carbocycles. The Kier molecular flexibility index (Phi) is 7.93. The van der Waals surface area contributed by atoms with Gasteiger partial charge >= 0.3 is 11.9 Å². The van der Waals surface area contributed by atoms with Gasteiger partial charge in [-0.3, -0.25) is 9.52 Å². The molecular weight excluding hydrogens is 460 g/mol. The second kappa shape index (κ2) is 10.7.